The van der Waals surface area contributed by atoms with Gasteiger partial charge < -0.3 is 4.74 Å². The number of aromatic nitrogens is 3. The van der Waals surface area contributed by atoms with E-state index >= 15 is 0 Å². The van der Waals surface area contributed by atoms with Gasteiger partial charge in [-0.05, 0) is 48.6 Å². The first kappa shape index (κ1) is 13.0. The van der Waals surface area contributed by atoms with Crippen LogP contribution >= 0.6 is 22.6 Å². The standard InChI is InChI=1S/C12H12IN3O2/c1-3-18-12(17)11-10(7(2)15-16-11)9-6-8(13)4-5-14-9/h4-6H,3H2,1-2H3,(H,15,16). The van der Waals surface area contributed by atoms with Crippen LogP contribution < -0.4 is 0 Å². The summed E-state index contributed by atoms with van der Waals surface area (Å²) in [4.78, 5) is 16.1. The molecule has 1 N–H and O–H groups in total. The molecule has 5 nitrogen and oxygen atoms in total. The van der Waals surface area contributed by atoms with E-state index in [1.165, 1.54) is 0 Å². The summed E-state index contributed by atoms with van der Waals surface area (Å²) in [6.45, 7) is 3.94. The fraction of sp³-hybridized carbons (Fsp3) is 0.250. The molecule has 0 aliphatic heterocycles. The lowest BCUT2D eigenvalue weighted by Gasteiger charge is -2.03. The maximum atomic E-state index is 11.8. The molecule has 0 aliphatic rings. The smallest absolute Gasteiger partial charge is 0.359 e. The van der Waals surface area contributed by atoms with Crippen LogP contribution in [0.3, 0.4) is 0 Å². The molecule has 6 heteroatoms. The lowest BCUT2D eigenvalue weighted by atomic mass is 10.1. The van der Waals surface area contributed by atoms with Crippen molar-refractivity contribution in [1.82, 2.24) is 15.2 Å². The van der Waals surface area contributed by atoms with Crippen molar-refractivity contribution in [2.24, 2.45) is 0 Å². The van der Waals surface area contributed by atoms with Crippen molar-refractivity contribution in [2.75, 3.05) is 6.61 Å². The first-order valence-electron chi connectivity index (χ1n) is 5.47. The molecule has 0 saturated carbocycles. The van der Waals surface area contributed by atoms with E-state index in [1.54, 1.807) is 13.1 Å². The highest BCUT2D eigenvalue weighted by molar-refractivity contribution is 14.1. The second-order valence-corrected chi connectivity index (χ2v) is 4.90. The third-order valence-electron chi connectivity index (χ3n) is 2.39. The van der Waals surface area contributed by atoms with Crippen molar-refractivity contribution < 1.29 is 9.53 Å². The van der Waals surface area contributed by atoms with Crippen molar-refractivity contribution in [3.63, 3.8) is 0 Å². The third-order valence-corrected chi connectivity index (χ3v) is 3.07. The molecule has 2 rings (SSSR count). The summed E-state index contributed by atoms with van der Waals surface area (Å²) in [5.41, 5.74) is 2.50. The van der Waals surface area contributed by atoms with Crippen LogP contribution in [0.1, 0.15) is 23.1 Å². The van der Waals surface area contributed by atoms with Crippen LogP contribution in [0.15, 0.2) is 18.3 Å². The number of nitrogens with one attached hydrogen (secondary N) is 1. The number of aromatic amines is 1. The van der Waals surface area contributed by atoms with Gasteiger partial charge in [0.2, 0.25) is 0 Å². The number of esters is 1. The van der Waals surface area contributed by atoms with Crippen molar-refractivity contribution in [3.8, 4) is 11.3 Å². The summed E-state index contributed by atoms with van der Waals surface area (Å²) in [7, 11) is 0. The third kappa shape index (κ3) is 2.53. The van der Waals surface area contributed by atoms with Gasteiger partial charge in [-0.25, -0.2) is 4.79 Å². The van der Waals surface area contributed by atoms with Gasteiger partial charge in [0.25, 0.3) is 0 Å². The summed E-state index contributed by atoms with van der Waals surface area (Å²) in [6, 6.07) is 3.80. The first-order chi connectivity index (χ1) is 8.63. The molecule has 0 fully saturated rings. The largest absolute Gasteiger partial charge is 0.461 e. The quantitative estimate of drug-likeness (QED) is 0.677. The van der Waals surface area contributed by atoms with E-state index in [-0.39, 0.29) is 5.69 Å². The SMILES string of the molecule is CCOC(=O)c1n[nH]c(C)c1-c1cc(I)ccn1. The van der Waals surface area contributed by atoms with Gasteiger partial charge in [0, 0.05) is 15.5 Å². The Morgan fingerprint density at radius 2 is 2.33 bits per heavy atom. The number of H-pyrrole nitrogens is 1. The predicted octanol–water partition coefficient (Wildman–Crippen LogP) is 2.56. The number of nitrogens with zero attached hydrogens (tertiary/aromatic N) is 2. The summed E-state index contributed by atoms with van der Waals surface area (Å²) >= 11 is 2.20. The van der Waals surface area contributed by atoms with E-state index in [4.69, 9.17) is 4.74 Å². The molecular weight excluding hydrogens is 345 g/mol. The molecule has 0 atom stereocenters. The minimum Gasteiger partial charge on any atom is -0.461 e. The highest BCUT2D eigenvalue weighted by atomic mass is 127. The van der Waals surface area contributed by atoms with E-state index in [9.17, 15) is 4.79 Å². The molecule has 2 heterocycles. The Bertz CT molecular complexity index is 580. The molecule has 0 amide bonds. The topological polar surface area (TPSA) is 67.9 Å². The van der Waals surface area contributed by atoms with Crippen molar-refractivity contribution in [1.29, 1.82) is 0 Å². The summed E-state index contributed by atoms with van der Waals surface area (Å²) in [5.74, 6) is -0.433. The average molecular weight is 357 g/mol. The number of ether oxygens (including phenoxy) is 1. The fourth-order valence-electron chi connectivity index (χ4n) is 1.63. The number of hydrogen-bond donors (Lipinski definition) is 1. The maximum Gasteiger partial charge on any atom is 0.359 e. The number of aryl methyl sites for hydroxylation is 1. The Hall–Kier alpha value is -1.44. The Morgan fingerprint density at radius 3 is 3.00 bits per heavy atom. The second kappa shape index (κ2) is 5.47. The molecule has 0 unspecified atom stereocenters. The van der Waals surface area contributed by atoms with Crippen molar-refractivity contribution in [2.45, 2.75) is 13.8 Å². The maximum absolute atomic E-state index is 11.8. The first-order valence-corrected chi connectivity index (χ1v) is 6.55. The minimum atomic E-state index is -0.433. The van der Waals surface area contributed by atoms with E-state index in [0.29, 0.717) is 12.2 Å². The van der Waals surface area contributed by atoms with Gasteiger partial charge >= 0.3 is 5.97 Å². The molecule has 18 heavy (non-hydrogen) atoms. The van der Waals surface area contributed by atoms with E-state index in [0.717, 1.165) is 15.0 Å². The van der Waals surface area contributed by atoms with E-state index in [2.05, 4.69) is 37.8 Å². The van der Waals surface area contributed by atoms with Gasteiger partial charge in [-0.15, -0.1) is 0 Å². The molecule has 94 valence electrons. The number of halogens is 1. The monoisotopic (exact) mass is 357 g/mol. The number of pyridine rings is 1. The van der Waals surface area contributed by atoms with Crippen molar-refractivity contribution >= 4 is 28.6 Å². The van der Waals surface area contributed by atoms with E-state index in [1.807, 2.05) is 19.1 Å². The summed E-state index contributed by atoms with van der Waals surface area (Å²) in [5, 5.41) is 6.80. The van der Waals surface area contributed by atoms with Gasteiger partial charge in [0.05, 0.1) is 17.9 Å². The molecule has 0 radical (unpaired) electrons. The van der Waals surface area contributed by atoms with E-state index < -0.39 is 5.97 Å². The number of hydrogen-bond acceptors (Lipinski definition) is 4. The molecule has 0 aliphatic carbocycles. The van der Waals surface area contributed by atoms with Crippen LogP contribution in [0.25, 0.3) is 11.3 Å². The molecular formula is C12H12IN3O2. The summed E-state index contributed by atoms with van der Waals surface area (Å²) in [6.07, 6.45) is 1.71. The van der Waals surface area contributed by atoms with Crippen molar-refractivity contribution in [3.05, 3.63) is 33.3 Å². The lowest BCUT2D eigenvalue weighted by molar-refractivity contribution is 0.0520. The number of rotatable bonds is 3. The summed E-state index contributed by atoms with van der Waals surface area (Å²) < 4.78 is 6.03. The number of carbonyl (C=O) groups is 1. The lowest BCUT2D eigenvalue weighted by Crippen LogP contribution is -2.07. The molecule has 2 aromatic heterocycles. The molecule has 0 bridgehead atoms. The Morgan fingerprint density at radius 1 is 1.56 bits per heavy atom. The molecule has 2 aromatic rings. The van der Waals surface area contributed by atoms with Crippen LogP contribution in [-0.2, 0) is 4.74 Å². The van der Waals surface area contributed by atoms with Crippen LogP contribution in [0, 0.1) is 10.5 Å². The fourth-order valence-corrected chi connectivity index (χ4v) is 2.09. The zero-order valence-electron chi connectivity index (χ0n) is 10.0. The Labute approximate surface area is 118 Å². The average Bonchev–Trinajstić information content (AvgIpc) is 2.71. The molecule has 0 aromatic carbocycles. The second-order valence-electron chi connectivity index (χ2n) is 3.65. The van der Waals surface area contributed by atoms with Gasteiger partial charge in [-0.1, -0.05) is 0 Å². The molecule has 0 spiro atoms. The van der Waals surface area contributed by atoms with Gasteiger partial charge in [-0.3, -0.25) is 10.1 Å². The van der Waals surface area contributed by atoms with Crippen LogP contribution in [-0.4, -0.2) is 27.8 Å². The van der Waals surface area contributed by atoms with Gasteiger partial charge in [0.1, 0.15) is 0 Å². The van der Waals surface area contributed by atoms with Crippen LogP contribution in [0.4, 0.5) is 0 Å². The predicted molar refractivity (Wildman–Crippen MR) is 75.2 cm³/mol. The Balaban J connectivity index is 2.50. The van der Waals surface area contributed by atoms with Gasteiger partial charge in [0.15, 0.2) is 5.69 Å². The number of carbonyl (C=O) groups excluding carboxylic acids is 1. The van der Waals surface area contributed by atoms with Crippen LogP contribution in [0.2, 0.25) is 0 Å². The zero-order valence-corrected chi connectivity index (χ0v) is 12.2. The highest BCUT2D eigenvalue weighted by Gasteiger charge is 2.21. The zero-order chi connectivity index (χ0) is 13.1. The van der Waals surface area contributed by atoms with Crippen LogP contribution in [0.5, 0.6) is 0 Å². The van der Waals surface area contributed by atoms with Gasteiger partial charge in [-0.2, -0.15) is 5.10 Å². The minimum absolute atomic E-state index is 0.281. The molecule has 0 saturated heterocycles. The Kier molecular flexibility index (Phi) is 3.95. The normalized spacial score (nSPS) is 10.4. The highest BCUT2D eigenvalue weighted by Crippen LogP contribution is 2.25.